The highest BCUT2D eigenvalue weighted by molar-refractivity contribution is 7.44. The Morgan fingerprint density at radius 3 is 2.00 bits per heavy atom. The Kier molecular flexibility index (Phi) is 3.71. The summed E-state index contributed by atoms with van der Waals surface area (Å²) in [6, 6.07) is 0. The summed E-state index contributed by atoms with van der Waals surface area (Å²) in [4.78, 5) is 0. The number of hydrogen-bond acceptors (Lipinski definition) is 2. The lowest BCUT2D eigenvalue weighted by Gasteiger charge is -2.09. The molecule has 52 valence electrons. The molecule has 0 aliphatic heterocycles. The summed E-state index contributed by atoms with van der Waals surface area (Å²) in [5.74, 6) is 0. The van der Waals surface area contributed by atoms with E-state index in [1.54, 1.807) is 7.11 Å². The summed E-state index contributed by atoms with van der Waals surface area (Å²) in [5, 5.41) is 0. The maximum atomic E-state index is 11.2. The van der Waals surface area contributed by atoms with E-state index in [1.165, 1.54) is 0 Å². The van der Waals surface area contributed by atoms with Gasteiger partial charge in [-0.3, -0.25) is 0 Å². The van der Waals surface area contributed by atoms with Crippen LogP contribution in [0.1, 0.15) is 0 Å². The highest BCUT2D eigenvalue weighted by atomic mass is 29.6. The van der Waals surface area contributed by atoms with E-state index < -0.39 is 15.3 Å². The topological polar surface area (TPSA) is 26.3 Å². The maximum Gasteiger partial charge on any atom is 0.283 e. The van der Waals surface area contributed by atoms with Gasteiger partial charge in [0.15, 0.2) is 0 Å². The lowest BCUT2D eigenvalue weighted by Crippen LogP contribution is -2.40. The minimum Gasteiger partial charge on any atom is -0.417 e. The zero-order valence-corrected chi connectivity index (χ0v) is 9.32. The van der Waals surface area contributed by atoms with E-state index in [4.69, 9.17) is 4.43 Å². The first-order chi connectivity index (χ1) is 3.98. The van der Waals surface area contributed by atoms with Crippen molar-refractivity contribution in [2.24, 2.45) is 0 Å². The fraction of sp³-hybridized carbons (Fsp3) is 1.00. The van der Waals surface area contributed by atoms with Crippen molar-refractivity contribution in [3.05, 3.63) is 0 Å². The summed E-state index contributed by atoms with van der Waals surface area (Å²) in [6.45, 7) is 6.33. The summed E-state index contributed by atoms with van der Waals surface area (Å²) in [7, 11) is -0.849. The molecule has 0 N–H and O–H groups in total. The van der Waals surface area contributed by atoms with Crippen molar-refractivity contribution in [2.45, 2.75) is 19.6 Å². The second-order valence-electron chi connectivity index (χ2n) is 2.89. The van der Waals surface area contributed by atoms with Crippen molar-refractivity contribution in [3.63, 3.8) is 0 Å². The van der Waals surface area contributed by atoms with Crippen LogP contribution in [-0.4, -0.2) is 31.7 Å². The molecule has 0 aromatic rings. The molecule has 0 aromatic heterocycles. The zero-order valence-electron chi connectivity index (χ0n) is 6.32. The second-order valence-corrected chi connectivity index (χ2v) is 18.0. The monoisotopic (exact) mass is 176 g/mol. The van der Waals surface area contributed by atoms with Crippen LogP contribution in [0.4, 0.5) is 0 Å². The van der Waals surface area contributed by atoms with E-state index in [0.29, 0.717) is 0 Å². The molecule has 2 radical (unpaired) electrons. The van der Waals surface area contributed by atoms with E-state index >= 15 is 0 Å². The summed E-state index contributed by atoms with van der Waals surface area (Å²) >= 11 is 0. The van der Waals surface area contributed by atoms with Gasteiger partial charge in [-0.1, -0.05) is 19.6 Å². The molecular formula is C4H12O2Si3. The van der Waals surface area contributed by atoms with Gasteiger partial charge in [0.1, 0.15) is 7.59 Å². The van der Waals surface area contributed by atoms with Crippen LogP contribution in [0, 0.1) is 0 Å². The van der Waals surface area contributed by atoms with Crippen molar-refractivity contribution in [2.75, 3.05) is 7.11 Å². The molecule has 0 bridgehead atoms. The molecule has 0 aliphatic rings. The predicted molar refractivity (Wildman–Crippen MR) is 42.5 cm³/mol. The van der Waals surface area contributed by atoms with Crippen molar-refractivity contribution in [1.29, 1.82) is 0 Å². The van der Waals surface area contributed by atoms with E-state index in [1.807, 2.05) is 0 Å². The second kappa shape index (κ2) is 3.55. The molecule has 0 amide bonds. The molecule has 0 atom stereocenters. The van der Waals surface area contributed by atoms with Crippen molar-refractivity contribution in [3.8, 4) is 0 Å². The normalized spacial score (nSPS) is 11.6. The molecule has 2 nitrogen and oxygen atoms in total. The van der Waals surface area contributed by atoms with Gasteiger partial charge < -0.3 is 8.89 Å². The predicted octanol–water partition coefficient (Wildman–Crippen LogP) is 0.587. The Balaban J connectivity index is 3.74. The van der Waals surface area contributed by atoms with E-state index in [0.717, 1.165) is 0 Å². The van der Waals surface area contributed by atoms with Crippen LogP contribution in [0.15, 0.2) is 0 Å². The molecule has 0 fully saturated rings. The Morgan fingerprint density at radius 1 is 1.44 bits per heavy atom. The molecule has 5 heteroatoms. The molecule has 0 heterocycles. The standard InChI is InChI=1S/C4H12O2Si3/c1-6-7-8(5)9(2,3)4/h1-4H3. The molecule has 9 heavy (non-hydrogen) atoms. The van der Waals surface area contributed by atoms with Gasteiger partial charge in [-0.05, 0) is 0 Å². The van der Waals surface area contributed by atoms with Crippen molar-refractivity contribution >= 4 is 24.6 Å². The number of rotatable bonds is 3. The molecule has 0 saturated carbocycles. The Labute approximate surface area is 60.8 Å². The SMILES string of the molecule is CO[Si][Si](=O)[Si](C)(C)C. The quantitative estimate of drug-likeness (QED) is 0.588. The van der Waals surface area contributed by atoms with Gasteiger partial charge in [0.2, 0.25) is 0 Å². The van der Waals surface area contributed by atoms with Crippen LogP contribution >= 0.6 is 0 Å². The van der Waals surface area contributed by atoms with Crippen LogP contribution in [-0.2, 0) is 8.89 Å². The number of hydrogen-bond donors (Lipinski definition) is 0. The minimum atomic E-state index is -1.36. The summed E-state index contributed by atoms with van der Waals surface area (Å²) < 4.78 is 16.0. The van der Waals surface area contributed by atoms with Gasteiger partial charge in [-0.25, -0.2) is 0 Å². The first-order valence-electron chi connectivity index (χ1n) is 2.82. The van der Waals surface area contributed by atoms with Gasteiger partial charge in [0.25, 0.3) is 17.0 Å². The largest absolute Gasteiger partial charge is 0.417 e. The fourth-order valence-electron chi connectivity index (χ4n) is 0.246. The third-order valence-electron chi connectivity index (χ3n) is 0.876. The van der Waals surface area contributed by atoms with Crippen molar-refractivity contribution in [1.82, 2.24) is 0 Å². The third kappa shape index (κ3) is 3.90. The summed E-state index contributed by atoms with van der Waals surface area (Å²) in [6.07, 6.45) is 0. The first kappa shape index (κ1) is 9.41. The highest BCUT2D eigenvalue weighted by Gasteiger charge is 2.26. The average molecular weight is 176 g/mol. The van der Waals surface area contributed by atoms with Crippen molar-refractivity contribution < 1.29 is 8.89 Å². The molecule has 0 aliphatic carbocycles. The van der Waals surface area contributed by atoms with Gasteiger partial charge >= 0.3 is 0 Å². The molecule has 0 unspecified atom stereocenters. The molecular weight excluding hydrogens is 164 g/mol. The van der Waals surface area contributed by atoms with Gasteiger partial charge in [-0.2, -0.15) is 0 Å². The highest BCUT2D eigenvalue weighted by Crippen LogP contribution is 1.98. The van der Waals surface area contributed by atoms with E-state index in [-0.39, 0.29) is 9.28 Å². The van der Waals surface area contributed by atoms with Crippen LogP contribution < -0.4 is 0 Å². The van der Waals surface area contributed by atoms with E-state index in [2.05, 4.69) is 19.6 Å². The van der Waals surface area contributed by atoms with Gasteiger partial charge in [-0.15, -0.1) is 0 Å². The minimum absolute atomic E-state index is 0.248. The molecule has 0 spiro atoms. The Hall–Kier alpha value is 0.411. The maximum absolute atomic E-state index is 11.2. The third-order valence-corrected chi connectivity index (χ3v) is 15.6. The Bertz CT molecular complexity index is 107. The van der Waals surface area contributed by atoms with Crippen LogP contribution in [0.3, 0.4) is 0 Å². The fourth-order valence-corrected chi connectivity index (χ4v) is 5.89. The molecule has 0 aromatic carbocycles. The lowest BCUT2D eigenvalue weighted by atomic mass is 11.8. The molecule has 0 rings (SSSR count). The Morgan fingerprint density at radius 2 is 1.89 bits per heavy atom. The zero-order chi connectivity index (χ0) is 7.49. The smallest absolute Gasteiger partial charge is 0.283 e. The van der Waals surface area contributed by atoms with Crippen LogP contribution in [0.25, 0.3) is 0 Å². The van der Waals surface area contributed by atoms with Crippen LogP contribution in [0.2, 0.25) is 19.6 Å². The van der Waals surface area contributed by atoms with E-state index in [9.17, 15) is 4.46 Å². The molecule has 0 saturated heterocycles. The van der Waals surface area contributed by atoms with Gasteiger partial charge in [0.05, 0.1) is 0 Å². The average Bonchev–Trinajstić information content (AvgIpc) is 1.64. The van der Waals surface area contributed by atoms with Crippen LogP contribution in [0.5, 0.6) is 0 Å². The van der Waals surface area contributed by atoms with Gasteiger partial charge in [0, 0.05) is 7.11 Å². The first-order valence-corrected chi connectivity index (χ1v) is 10.6. The summed E-state index contributed by atoms with van der Waals surface area (Å²) in [5.41, 5.74) is 0. The lowest BCUT2D eigenvalue weighted by molar-refractivity contribution is 0.450.